The maximum absolute atomic E-state index is 5.08. The topological polar surface area (TPSA) is 38.9 Å². The van der Waals surface area contributed by atoms with Crippen molar-refractivity contribution in [1.29, 1.82) is 0 Å². The van der Waals surface area contributed by atoms with Crippen LogP contribution in [0.1, 0.15) is 25.3 Å². The minimum absolute atomic E-state index is 0.683. The molecule has 0 aliphatic rings. The highest BCUT2D eigenvalue weighted by molar-refractivity contribution is 5.55. The summed E-state index contributed by atoms with van der Waals surface area (Å²) >= 11 is 0. The SMILES string of the molecule is CCc1cccc(-c2noc(CC)n2)c1. The van der Waals surface area contributed by atoms with E-state index < -0.39 is 0 Å². The summed E-state index contributed by atoms with van der Waals surface area (Å²) in [6.45, 7) is 4.13. The van der Waals surface area contributed by atoms with Crippen LogP contribution in [0.5, 0.6) is 0 Å². The molecule has 0 radical (unpaired) electrons. The Morgan fingerprint density at radius 3 is 2.73 bits per heavy atom. The number of aromatic nitrogens is 2. The third-order valence-corrected chi connectivity index (χ3v) is 2.36. The molecule has 3 nitrogen and oxygen atoms in total. The van der Waals surface area contributed by atoms with Gasteiger partial charge in [-0.3, -0.25) is 0 Å². The largest absolute Gasteiger partial charge is 0.339 e. The zero-order valence-electron chi connectivity index (χ0n) is 9.03. The van der Waals surface area contributed by atoms with Gasteiger partial charge in [-0.15, -0.1) is 0 Å². The first kappa shape index (κ1) is 9.90. The van der Waals surface area contributed by atoms with Crippen LogP contribution in [0.15, 0.2) is 28.8 Å². The van der Waals surface area contributed by atoms with Crippen LogP contribution >= 0.6 is 0 Å². The lowest BCUT2D eigenvalue weighted by atomic mass is 10.1. The summed E-state index contributed by atoms with van der Waals surface area (Å²) in [4.78, 5) is 4.30. The van der Waals surface area contributed by atoms with Gasteiger partial charge < -0.3 is 4.52 Å². The molecular weight excluding hydrogens is 188 g/mol. The van der Waals surface area contributed by atoms with Gasteiger partial charge in [0.1, 0.15) is 0 Å². The number of aryl methyl sites for hydroxylation is 2. The Hall–Kier alpha value is -1.64. The van der Waals surface area contributed by atoms with Crippen molar-refractivity contribution in [2.24, 2.45) is 0 Å². The molecule has 1 aromatic heterocycles. The van der Waals surface area contributed by atoms with E-state index in [1.807, 2.05) is 19.1 Å². The van der Waals surface area contributed by atoms with E-state index >= 15 is 0 Å². The van der Waals surface area contributed by atoms with Crippen LogP contribution in [0.2, 0.25) is 0 Å². The zero-order valence-corrected chi connectivity index (χ0v) is 9.03. The summed E-state index contributed by atoms with van der Waals surface area (Å²) in [6, 6.07) is 8.23. The number of rotatable bonds is 3. The highest BCUT2D eigenvalue weighted by atomic mass is 16.5. The molecule has 0 aliphatic heterocycles. The first-order chi connectivity index (χ1) is 7.33. The molecule has 0 aliphatic carbocycles. The molecule has 0 fully saturated rings. The number of benzene rings is 1. The van der Waals surface area contributed by atoms with E-state index in [4.69, 9.17) is 4.52 Å². The minimum atomic E-state index is 0.683. The zero-order chi connectivity index (χ0) is 10.7. The second kappa shape index (κ2) is 4.26. The Bertz CT molecular complexity index is 448. The van der Waals surface area contributed by atoms with Crippen LogP contribution in [-0.4, -0.2) is 10.1 Å². The smallest absolute Gasteiger partial charge is 0.226 e. The molecule has 0 atom stereocenters. The monoisotopic (exact) mass is 202 g/mol. The Kier molecular flexibility index (Phi) is 2.81. The van der Waals surface area contributed by atoms with Crippen LogP contribution in [-0.2, 0) is 12.8 Å². The van der Waals surface area contributed by atoms with Crippen LogP contribution in [0, 0.1) is 0 Å². The predicted molar refractivity (Wildman–Crippen MR) is 58.5 cm³/mol. The first-order valence-corrected chi connectivity index (χ1v) is 5.25. The number of hydrogen-bond donors (Lipinski definition) is 0. The second-order valence-corrected chi connectivity index (χ2v) is 3.42. The van der Waals surface area contributed by atoms with Crippen LogP contribution in [0.3, 0.4) is 0 Å². The van der Waals surface area contributed by atoms with Crippen molar-refractivity contribution in [2.45, 2.75) is 26.7 Å². The molecule has 3 heteroatoms. The fourth-order valence-electron chi connectivity index (χ4n) is 1.45. The minimum Gasteiger partial charge on any atom is -0.339 e. The lowest BCUT2D eigenvalue weighted by Gasteiger charge is -1.97. The molecule has 0 unspecified atom stereocenters. The van der Waals surface area contributed by atoms with Gasteiger partial charge in [0.2, 0.25) is 11.7 Å². The van der Waals surface area contributed by atoms with Gasteiger partial charge in [-0.1, -0.05) is 37.2 Å². The summed E-state index contributed by atoms with van der Waals surface area (Å²) in [5.41, 5.74) is 2.31. The molecule has 0 spiro atoms. The van der Waals surface area contributed by atoms with Crippen LogP contribution in [0.25, 0.3) is 11.4 Å². The molecule has 1 heterocycles. The Morgan fingerprint density at radius 1 is 1.20 bits per heavy atom. The number of nitrogens with zero attached hydrogens (tertiary/aromatic N) is 2. The van der Waals surface area contributed by atoms with E-state index in [-0.39, 0.29) is 0 Å². The molecule has 78 valence electrons. The van der Waals surface area contributed by atoms with Crippen molar-refractivity contribution in [3.05, 3.63) is 35.7 Å². The highest BCUT2D eigenvalue weighted by Crippen LogP contribution is 2.17. The van der Waals surface area contributed by atoms with Crippen molar-refractivity contribution in [3.8, 4) is 11.4 Å². The van der Waals surface area contributed by atoms with Gasteiger partial charge in [-0.2, -0.15) is 4.98 Å². The molecule has 0 saturated heterocycles. The summed E-state index contributed by atoms with van der Waals surface area (Å²) in [5.74, 6) is 1.37. The maximum atomic E-state index is 5.08. The molecule has 0 saturated carbocycles. The summed E-state index contributed by atoms with van der Waals surface area (Å²) in [7, 11) is 0. The van der Waals surface area contributed by atoms with Crippen molar-refractivity contribution >= 4 is 0 Å². The molecule has 2 aromatic rings. The van der Waals surface area contributed by atoms with Crippen molar-refractivity contribution in [1.82, 2.24) is 10.1 Å². The van der Waals surface area contributed by atoms with Crippen molar-refractivity contribution < 1.29 is 4.52 Å². The van der Waals surface area contributed by atoms with Crippen LogP contribution in [0.4, 0.5) is 0 Å². The van der Waals surface area contributed by atoms with E-state index in [1.54, 1.807) is 0 Å². The molecule has 15 heavy (non-hydrogen) atoms. The lowest BCUT2D eigenvalue weighted by Crippen LogP contribution is -1.85. The highest BCUT2D eigenvalue weighted by Gasteiger charge is 2.06. The van der Waals surface area contributed by atoms with E-state index in [0.717, 1.165) is 18.4 Å². The molecule has 0 bridgehead atoms. The molecule has 2 rings (SSSR count). The third kappa shape index (κ3) is 2.06. The fraction of sp³-hybridized carbons (Fsp3) is 0.333. The lowest BCUT2D eigenvalue weighted by molar-refractivity contribution is 0.383. The van der Waals surface area contributed by atoms with Gasteiger partial charge in [0.05, 0.1) is 0 Å². The average Bonchev–Trinajstić information content (AvgIpc) is 2.78. The van der Waals surface area contributed by atoms with Gasteiger partial charge in [0.15, 0.2) is 0 Å². The molecule has 1 aromatic carbocycles. The van der Waals surface area contributed by atoms with Crippen LogP contribution < -0.4 is 0 Å². The van der Waals surface area contributed by atoms with E-state index in [9.17, 15) is 0 Å². The second-order valence-electron chi connectivity index (χ2n) is 3.42. The van der Waals surface area contributed by atoms with Gasteiger partial charge in [0.25, 0.3) is 0 Å². The van der Waals surface area contributed by atoms with Gasteiger partial charge in [-0.05, 0) is 18.1 Å². The van der Waals surface area contributed by atoms with Gasteiger partial charge in [-0.25, -0.2) is 0 Å². The molecule has 0 amide bonds. The average molecular weight is 202 g/mol. The van der Waals surface area contributed by atoms with Gasteiger partial charge >= 0.3 is 0 Å². The maximum Gasteiger partial charge on any atom is 0.226 e. The Morgan fingerprint density at radius 2 is 2.07 bits per heavy atom. The molecular formula is C12H14N2O. The summed E-state index contributed by atoms with van der Waals surface area (Å²) < 4.78 is 5.08. The van der Waals surface area contributed by atoms with E-state index in [0.29, 0.717) is 11.7 Å². The van der Waals surface area contributed by atoms with Gasteiger partial charge in [0, 0.05) is 12.0 Å². The fourth-order valence-corrected chi connectivity index (χ4v) is 1.45. The Balaban J connectivity index is 2.35. The predicted octanol–water partition coefficient (Wildman–Crippen LogP) is 2.86. The summed E-state index contributed by atoms with van der Waals surface area (Å²) in [6.07, 6.45) is 1.80. The Labute approximate surface area is 89.1 Å². The van der Waals surface area contributed by atoms with Crippen molar-refractivity contribution in [3.63, 3.8) is 0 Å². The quantitative estimate of drug-likeness (QED) is 0.768. The van der Waals surface area contributed by atoms with E-state index in [2.05, 4.69) is 29.2 Å². The molecule has 0 N–H and O–H groups in total. The summed E-state index contributed by atoms with van der Waals surface area (Å²) in [5, 5.41) is 3.95. The van der Waals surface area contributed by atoms with Crippen molar-refractivity contribution in [2.75, 3.05) is 0 Å². The van der Waals surface area contributed by atoms with E-state index in [1.165, 1.54) is 5.56 Å². The third-order valence-electron chi connectivity index (χ3n) is 2.36. The first-order valence-electron chi connectivity index (χ1n) is 5.25. The normalized spacial score (nSPS) is 10.5. The standard InChI is InChI=1S/C12H14N2O/c1-3-9-6-5-7-10(8-9)12-13-11(4-2)15-14-12/h5-8H,3-4H2,1-2H3. The number of hydrogen-bond acceptors (Lipinski definition) is 3.